The fourth-order valence-electron chi connectivity index (χ4n) is 3.21. The molecule has 6 heteroatoms. The summed E-state index contributed by atoms with van der Waals surface area (Å²) in [4.78, 5) is 25.8. The van der Waals surface area contributed by atoms with Crippen LogP contribution in [-0.2, 0) is 9.59 Å². The molecular formula is C19H19NO5. The monoisotopic (exact) mass is 341 g/mol. The molecule has 1 heterocycles. The van der Waals surface area contributed by atoms with Crippen LogP contribution in [0.2, 0.25) is 0 Å². The summed E-state index contributed by atoms with van der Waals surface area (Å²) in [6.07, 6.45) is 0.148. The Morgan fingerprint density at radius 1 is 1.00 bits per heavy atom. The summed E-state index contributed by atoms with van der Waals surface area (Å²) >= 11 is 0. The lowest BCUT2D eigenvalue weighted by Crippen LogP contribution is -2.40. The van der Waals surface area contributed by atoms with Crippen molar-refractivity contribution in [2.45, 2.75) is 18.4 Å². The molecule has 0 aliphatic carbocycles. The molecule has 0 radical (unpaired) electrons. The standard InChI is InChI=1S/C19H19NO5/c1-24-14-7-3-12(4-8-14)16-11-17(21)20(18(16)19(22)23)13-5-9-15(25-2)10-6-13/h3-10,16,18H,11H2,1-2H3,(H,22,23)/t16-,18+/m1/s1. The second-order valence-corrected chi connectivity index (χ2v) is 5.83. The Morgan fingerprint density at radius 3 is 2.00 bits per heavy atom. The average Bonchev–Trinajstić information content (AvgIpc) is 2.99. The lowest BCUT2D eigenvalue weighted by Gasteiger charge is -2.25. The minimum Gasteiger partial charge on any atom is -0.497 e. The number of nitrogens with zero attached hydrogens (tertiary/aromatic N) is 1. The van der Waals surface area contributed by atoms with Crippen molar-refractivity contribution < 1.29 is 24.2 Å². The van der Waals surface area contributed by atoms with Gasteiger partial charge in [-0.3, -0.25) is 9.69 Å². The van der Waals surface area contributed by atoms with Crippen LogP contribution < -0.4 is 14.4 Å². The van der Waals surface area contributed by atoms with Crippen LogP contribution >= 0.6 is 0 Å². The molecular weight excluding hydrogens is 322 g/mol. The van der Waals surface area contributed by atoms with Crippen LogP contribution in [0.3, 0.4) is 0 Å². The van der Waals surface area contributed by atoms with Crippen LogP contribution in [0.25, 0.3) is 0 Å². The third-order valence-corrected chi connectivity index (χ3v) is 4.47. The van der Waals surface area contributed by atoms with Crippen molar-refractivity contribution in [3.63, 3.8) is 0 Å². The summed E-state index contributed by atoms with van der Waals surface area (Å²) in [5.41, 5.74) is 1.35. The number of ether oxygens (including phenoxy) is 2. The fraction of sp³-hybridized carbons (Fsp3) is 0.263. The van der Waals surface area contributed by atoms with E-state index in [2.05, 4.69) is 0 Å². The van der Waals surface area contributed by atoms with E-state index in [4.69, 9.17) is 9.47 Å². The maximum Gasteiger partial charge on any atom is 0.327 e. The zero-order chi connectivity index (χ0) is 18.0. The van der Waals surface area contributed by atoms with E-state index in [1.54, 1.807) is 50.6 Å². The lowest BCUT2D eigenvalue weighted by atomic mass is 9.91. The number of benzene rings is 2. The molecule has 1 N–H and O–H groups in total. The molecule has 6 nitrogen and oxygen atoms in total. The number of carboxylic acids is 1. The second kappa shape index (κ2) is 6.84. The molecule has 1 fully saturated rings. The number of anilines is 1. The number of rotatable bonds is 5. The summed E-state index contributed by atoms with van der Waals surface area (Å²) in [6.45, 7) is 0. The minimum absolute atomic E-state index is 0.148. The van der Waals surface area contributed by atoms with Crippen LogP contribution in [-0.4, -0.2) is 37.2 Å². The number of carbonyl (C=O) groups is 2. The molecule has 2 atom stereocenters. The topological polar surface area (TPSA) is 76.1 Å². The SMILES string of the molecule is COc1ccc([C@H]2CC(=O)N(c3ccc(OC)cc3)[C@@H]2C(=O)O)cc1. The highest BCUT2D eigenvalue weighted by atomic mass is 16.5. The first-order valence-corrected chi connectivity index (χ1v) is 7.88. The highest BCUT2D eigenvalue weighted by Gasteiger charge is 2.45. The van der Waals surface area contributed by atoms with E-state index in [0.29, 0.717) is 17.2 Å². The van der Waals surface area contributed by atoms with Gasteiger partial charge in [0, 0.05) is 18.0 Å². The zero-order valence-corrected chi connectivity index (χ0v) is 14.0. The van der Waals surface area contributed by atoms with Gasteiger partial charge in [-0.1, -0.05) is 12.1 Å². The highest BCUT2D eigenvalue weighted by Crippen LogP contribution is 2.38. The fourth-order valence-corrected chi connectivity index (χ4v) is 3.21. The molecule has 25 heavy (non-hydrogen) atoms. The summed E-state index contributed by atoms with van der Waals surface area (Å²) < 4.78 is 10.2. The van der Waals surface area contributed by atoms with Gasteiger partial charge in [0.2, 0.25) is 5.91 Å². The molecule has 0 spiro atoms. The van der Waals surface area contributed by atoms with Crippen molar-refractivity contribution >= 4 is 17.6 Å². The Kier molecular flexibility index (Phi) is 4.61. The largest absolute Gasteiger partial charge is 0.497 e. The quantitative estimate of drug-likeness (QED) is 0.905. The van der Waals surface area contributed by atoms with Gasteiger partial charge in [-0.15, -0.1) is 0 Å². The first kappa shape index (κ1) is 16.8. The Morgan fingerprint density at radius 2 is 1.52 bits per heavy atom. The van der Waals surface area contributed by atoms with Crippen LogP contribution in [0, 0.1) is 0 Å². The van der Waals surface area contributed by atoms with Crippen molar-refractivity contribution in [1.29, 1.82) is 0 Å². The van der Waals surface area contributed by atoms with Crippen molar-refractivity contribution in [3.8, 4) is 11.5 Å². The Labute approximate surface area is 145 Å². The first-order chi connectivity index (χ1) is 12.0. The molecule has 0 aromatic heterocycles. The third kappa shape index (κ3) is 3.15. The molecule has 1 aliphatic rings. The number of amides is 1. The number of hydrogen-bond acceptors (Lipinski definition) is 4. The van der Waals surface area contributed by atoms with E-state index in [-0.39, 0.29) is 12.3 Å². The number of aliphatic carboxylic acids is 1. The highest BCUT2D eigenvalue weighted by molar-refractivity contribution is 6.03. The van der Waals surface area contributed by atoms with E-state index in [9.17, 15) is 14.7 Å². The third-order valence-electron chi connectivity index (χ3n) is 4.47. The summed E-state index contributed by atoms with van der Waals surface area (Å²) in [5.74, 6) is -0.320. The lowest BCUT2D eigenvalue weighted by molar-refractivity contribution is -0.139. The van der Waals surface area contributed by atoms with E-state index >= 15 is 0 Å². The molecule has 0 bridgehead atoms. The van der Waals surface area contributed by atoms with E-state index in [1.165, 1.54) is 4.90 Å². The normalized spacial score (nSPS) is 19.8. The van der Waals surface area contributed by atoms with E-state index in [1.807, 2.05) is 12.1 Å². The predicted molar refractivity (Wildman–Crippen MR) is 92.3 cm³/mol. The average molecular weight is 341 g/mol. The smallest absolute Gasteiger partial charge is 0.327 e. The van der Waals surface area contributed by atoms with Crippen molar-refractivity contribution in [2.75, 3.05) is 19.1 Å². The Hall–Kier alpha value is -3.02. The van der Waals surface area contributed by atoms with Gasteiger partial charge in [0.05, 0.1) is 14.2 Å². The van der Waals surface area contributed by atoms with Gasteiger partial charge in [-0.2, -0.15) is 0 Å². The van der Waals surface area contributed by atoms with Crippen molar-refractivity contribution in [3.05, 3.63) is 54.1 Å². The Bertz CT molecular complexity index is 769. The van der Waals surface area contributed by atoms with Gasteiger partial charge in [0.1, 0.15) is 17.5 Å². The minimum atomic E-state index is -1.03. The second-order valence-electron chi connectivity index (χ2n) is 5.83. The summed E-state index contributed by atoms with van der Waals surface area (Å²) in [5, 5.41) is 9.75. The van der Waals surface area contributed by atoms with E-state index in [0.717, 1.165) is 5.56 Å². The summed E-state index contributed by atoms with van der Waals surface area (Å²) in [6, 6.07) is 13.0. The molecule has 0 unspecified atom stereocenters. The van der Waals surface area contributed by atoms with Crippen molar-refractivity contribution in [2.24, 2.45) is 0 Å². The number of hydrogen-bond donors (Lipinski definition) is 1. The summed E-state index contributed by atoms with van der Waals surface area (Å²) in [7, 11) is 3.12. The molecule has 0 saturated carbocycles. The molecule has 1 amide bonds. The molecule has 2 aromatic rings. The van der Waals surface area contributed by atoms with Crippen LogP contribution in [0.15, 0.2) is 48.5 Å². The maximum atomic E-state index is 12.6. The van der Waals surface area contributed by atoms with Gasteiger partial charge >= 0.3 is 5.97 Å². The number of methoxy groups -OCH3 is 2. The van der Waals surface area contributed by atoms with Gasteiger partial charge in [-0.25, -0.2) is 4.79 Å². The number of carbonyl (C=O) groups excluding carboxylic acids is 1. The molecule has 130 valence electrons. The van der Waals surface area contributed by atoms with Gasteiger partial charge in [-0.05, 0) is 42.0 Å². The van der Waals surface area contributed by atoms with Gasteiger partial charge in [0.25, 0.3) is 0 Å². The zero-order valence-electron chi connectivity index (χ0n) is 14.0. The molecule has 1 saturated heterocycles. The van der Waals surface area contributed by atoms with Crippen LogP contribution in [0.1, 0.15) is 17.9 Å². The van der Waals surface area contributed by atoms with Gasteiger partial charge in [0.15, 0.2) is 0 Å². The van der Waals surface area contributed by atoms with E-state index < -0.39 is 17.9 Å². The number of carboxylic acid groups (broad SMARTS) is 1. The maximum absolute atomic E-state index is 12.6. The predicted octanol–water partition coefficient (Wildman–Crippen LogP) is 2.68. The van der Waals surface area contributed by atoms with Gasteiger partial charge < -0.3 is 14.6 Å². The van der Waals surface area contributed by atoms with Crippen molar-refractivity contribution in [1.82, 2.24) is 0 Å². The Balaban J connectivity index is 1.95. The molecule has 1 aliphatic heterocycles. The van der Waals surface area contributed by atoms with Crippen LogP contribution in [0.5, 0.6) is 11.5 Å². The molecule has 2 aromatic carbocycles. The van der Waals surface area contributed by atoms with Crippen LogP contribution in [0.4, 0.5) is 5.69 Å². The first-order valence-electron chi connectivity index (χ1n) is 7.88. The molecule has 3 rings (SSSR count).